The molecule has 0 saturated carbocycles. The molecule has 100 valence electrons. The predicted octanol–water partition coefficient (Wildman–Crippen LogP) is -1.96. The Hall–Kier alpha value is -1.06. The quantitative estimate of drug-likeness (QED) is 0.624. The van der Waals surface area contributed by atoms with E-state index in [1.54, 1.807) is 29.2 Å². The van der Waals surface area contributed by atoms with Crippen molar-refractivity contribution in [3.05, 3.63) is 29.8 Å². The van der Waals surface area contributed by atoms with Crippen molar-refractivity contribution in [2.24, 2.45) is 0 Å². The van der Waals surface area contributed by atoms with Crippen molar-refractivity contribution in [3.63, 3.8) is 0 Å². The zero-order valence-corrected chi connectivity index (χ0v) is 11.2. The van der Waals surface area contributed by atoms with E-state index in [0.29, 0.717) is 12.0 Å². The Morgan fingerprint density at radius 2 is 1.72 bits per heavy atom. The molecule has 1 aliphatic rings. The van der Waals surface area contributed by atoms with Gasteiger partial charge in [-0.25, -0.2) is 0 Å². The van der Waals surface area contributed by atoms with E-state index in [-0.39, 0.29) is 23.9 Å². The summed E-state index contributed by atoms with van der Waals surface area (Å²) < 4.78 is 0. The number of hydrogen-bond donors (Lipinski definition) is 2. The van der Waals surface area contributed by atoms with Gasteiger partial charge >= 0.3 is 0 Å². The van der Waals surface area contributed by atoms with Gasteiger partial charge in [0.05, 0.1) is 26.1 Å². The van der Waals surface area contributed by atoms with Crippen LogP contribution in [-0.2, 0) is 0 Å². The minimum Gasteiger partial charge on any atom is -1.00 e. The Bertz CT molecular complexity index is 372. The maximum Gasteiger partial charge on any atom is 0.168 e. The molecule has 1 fully saturated rings. The monoisotopic (exact) mass is 269 g/mol. The van der Waals surface area contributed by atoms with E-state index in [4.69, 9.17) is 5.11 Å². The fourth-order valence-electron chi connectivity index (χ4n) is 2.38. The molecule has 1 saturated heterocycles. The third kappa shape index (κ3) is 4.31. The maximum atomic E-state index is 11.9. The molecule has 18 heavy (non-hydrogen) atoms. The van der Waals surface area contributed by atoms with Gasteiger partial charge in [-0.05, 0) is 43.5 Å². The van der Waals surface area contributed by atoms with Gasteiger partial charge in [-0.1, -0.05) is 0 Å². The van der Waals surface area contributed by atoms with Gasteiger partial charge in [-0.15, -0.1) is 0 Å². The Labute approximate surface area is 114 Å². The van der Waals surface area contributed by atoms with E-state index >= 15 is 0 Å². The van der Waals surface area contributed by atoms with Gasteiger partial charge < -0.3 is 22.4 Å². The number of carbonyl (C=O) groups excluding carboxylic acids is 1. The summed E-state index contributed by atoms with van der Waals surface area (Å²) in [5, 5.41) is 9.16. The van der Waals surface area contributed by atoms with E-state index in [1.807, 2.05) is 0 Å². The molecule has 0 amide bonds. The first kappa shape index (κ1) is 15.0. The summed E-state index contributed by atoms with van der Waals surface area (Å²) >= 11 is 0. The van der Waals surface area contributed by atoms with Gasteiger partial charge in [0.15, 0.2) is 5.78 Å². The summed E-state index contributed by atoms with van der Waals surface area (Å²) in [7, 11) is 0. The number of phenolic OH excluding ortho intramolecular Hbond substituents is 1. The number of rotatable bonds is 4. The van der Waals surface area contributed by atoms with E-state index < -0.39 is 0 Å². The van der Waals surface area contributed by atoms with Crippen LogP contribution in [0, 0.1) is 0 Å². The van der Waals surface area contributed by atoms with Crippen molar-refractivity contribution in [1.29, 1.82) is 0 Å². The molecule has 2 N–H and O–H groups in total. The second-order valence-corrected chi connectivity index (χ2v) is 4.78. The second kappa shape index (κ2) is 7.39. The number of ketones is 1. The van der Waals surface area contributed by atoms with Crippen molar-refractivity contribution in [2.45, 2.75) is 25.7 Å². The minimum absolute atomic E-state index is 0. The zero-order valence-electron chi connectivity index (χ0n) is 10.5. The molecule has 0 radical (unpaired) electrons. The highest BCUT2D eigenvalue weighted by Crippen LogP contribution is 2.10. The van der Waals surface area contributed by atoms with Gasteiger partial charge in [0.2, 0.25) is 0 Å². The van der Waals surface area contributed by atoms with Gasteiger partial charge in [-0.3, -0.25) is 4.79 Å². The van der Waals surface area contributed by atoms with E-state index in [2.05, 4.69) is 0 Å². The van der Waals surface area contributed by atoms with Crippen LogP contribution in [0.3, 0.4) is 0 Å². The molecule has 0 atom stereocenters. The van der Waals surface area contributed by atoms with Crippen LogP contribution in [0.4, 0.5) is 0 Å². The van der Waals surface area contributed by atoms with E-state index in [9.17, 15) is 4.79 Å². The van der Waals surface area contributed by atoms with Crippen LogP contribution in [-0.4, -0.2) is 30.5 Å². The number of nitrogens with one attached hydrogen (secondary N) is 1. The molecule has 1 aromatic carbocycles. The van der Waals surface area contributed by atoms with E-state index in [0.717, 1.165) is 6.54 Å². The number of aromatic hydroxyl groups is 1. The fraction of sp³-hybridized carbons (Fsp3) is 0.500. The van der Waals surface area contributed by atoms with Gasteiger partial charge in [-0.2, -0.15) is 0 Å². The Morgan fingerprint density at radius 1 is 1.11 bits per heavy atom. The molecular formula is C14H20ClNO2. The topological polar surface area (TPSA) is 41.7 Å². The predicted molar refractivity (Wildman–Crippen MR) is 66.5 cm³/mol. The van der Waals surface area contributed by atoms with Crippen LogP contribution < -0.4 is 17.3 Å². The van der Waals surface area contributed by atoms with Crippen molar-refractivity contribution < 1.29 is 27.2 Å². The molecule has 0 unspecified atom stereocenters. The summed E-state index contributed by atoms with van der Waals surface area (Å²) in [5.41, 5.74) is 0.708. The number of carbonyl (C=O) groups is 1. The summed E-state index contributed by atoms with van der Waals surface area (Å²) in [6, 6.07) is 6.54. The molecule has 1 aliphatic heterocycles. The lowest BCUT2D eigenvalue weighted by atomic mass is 10.1. The molecular weight excluding hydrogens is 250 g/mol. The van der Waals surface area contributed by atoms with E-state index in [1.165, 1.54) is 32.4 Å². The molecule has 3 nitrogen and oxygen atoms in total. The molecule has 4 heteroatoms. The first-order valence-electron chi connectivity index (χ1n) is 6.41. The first-order valence-corrected chi connectivity index (χ1v) is 6.41. The molecule has 1 aromatic rings. The van der Waals surface area contributed by atoms with Gasteiger partial charge in [0.25, 0.3) is 0 Å². The summed E-state index contributed by atoms with van der Waals surface area (Å²) in [6.07, 6.45) is 4.54. The Kier molecular flexibility index (Phi) is 6.16. The molecule has 1 heterocycles. The normalized spacial score (nSPS) is 16.0. The third-order valence-corrected chi connectivity index (χ3v) is 3.46. The number of benzene rings is 1. The largest absolute Gasteiger partial charge is 1.00 e. The summed E-state index contributed by atoms with van der Waals surface area (Å²) in [6.45, 7) is 3.37. The molecule has 2 rings (SSSR count). The minimum atomic E-state index is 0. The highest BCUT2D eigenvalue weighted by atomic mass is 35.5. The van der Waals surface area contributed by atoms with Gasteiger partial charge in [0, 0.05) is 5.56 Å². The maximum absolute atomic E-state index is 11.9. The summed E-state index contributed by atoms with van der Waals surface area (Å²) in [4.78, 5) is 13.5. The lowest BCUT2D eigenvalue weighted by Gasteiger charge is -2.23. The third-order valence-electron chi connectivity index (χ3n) is 3.46. The molecule has 0 aliphatic carbocycles. The zero-order chi connectivity index (χ0) is 12.1. The molecule has 0 bridgehead atoms. The van der Waals surface area contributed by atoms with Crippen LogP contribution in [0.2, 0.25) is 0 Å². The number of likely N-dealkylation sites (tertiary alicyclic amines) is 1. The van der Waals surface area contributed by atoms with Gasteiger partial charge in [0.1, 0.15) is 5.75 Å². The average molecular weight is 270 g/mol. The SMILES string of the molecule is O=C(CC[NH+]1CCCCC1)c1ccc(O)cc1.[Cl-]. The van der Waals surface area contributed by atoms with Crippen molar-refractivity contribution in [1.82, 2.24) is 0 Å². The first-order chi connectivity index (χ1) is 8.25. The summed E-state index contributed by atoms with van der Waals surface area (Å²) in [5.74, 6) is 0.395. The number of Topliss-reactive ketones (excluding diaryl/α,β-unsaturated/α-hetero) is 1. The van der Waals surface area contributed by atoms with Crippen LogP contribution in [0.15, 0.2) is 24.3 Å². The van der Waals surface area contributed by atoms with Crippen molar-refractivity contribution in [3.8, 4) is 5.75 Å². The van der Waals surface area contributed by atoms with Crippen LogP contribution >= 0.6 is 0 Å². The second-order valence-electron chi connectivity index (χ2n) is 4.78. The molecule has 0 spiro atoms. The highest BCUT2D eigenvalue weighted by molar-refractivity contribution is 5.96. The number of quaternary nitrogens is 1. The number of phenols is 1. The average Bonchev–Trinajstić information content (AvgIpc) is 2.38. The Balaban J connectivity index is 0.00000162. The van der Waals surface area contributed by atoms with Crippen molar-refractivity contribution >= 4 is 5.78 Å². The number of piperidine rings is 1. The lowest BCUT2D eigenvalue weighted by Crippen LogP contribution is -3.12. The fourth-order valence-corrected chi connectivity index (χ4v) is 2.38. The Morgan fingerprint density at radius 3 is 2.33 bits per heavy atom. The van der Waals surface area contributed by atoms with Crippen LogP contribution in [0.25, 0.3) is 0 Å². The molecule has 0 aromatic heterocycles. The number of halogens is 1. The highest BCUT2D eigenvalue weighted by Gasteiger charge is 2.15. The van der Waals surface area contributed by atoms with Crippen LogP contribution in [0.1, 0.15) is 36.0 Å². The standard InChI is InChI=1S/C14H19NO2.ClH/c16-13-6-4-12(5-7-13)14(17)8-11-15-9-2-1-3-10-15;/h4-7,16H,1-3,8-11H2;1H. The number of hydrogen-bond acceptors (Lipinski definition) is 2. The van der Waals surface area contributed by atoms with Crippen molar-refractivity contribution in [2.75, 3.05) is 19.6 Å². The smallest absolute Gasteiger partial charge is 0.168 e. The van der Waals surface area contributed by atoms with Crippen LogP contribution in [0.5, 0.6) is 5.75 Å². The lowest BCUT2D eigenvalue weighted by molar-refractivity contribution is -0.904.